The van der Waals surface area contributed by atoms with Crippen LogP contribution in [0.4, 0.5) is 5.13 Å². The molecular weight excluding hydrogens is 196 g/mol. The molecule has 0 unspecified atom stereocenters. The highest BCUT2D eigenvalue weighted by molar-refractivity contribution is 7.09. The van der Waals surface area contributed by atoms with E-state index in [0.29, 0.717) is 5.92 Å². The summed E-state index contributed by atoms with van der Waals surface area (Å²) in [5, 5.41) is 4.18. The summed E-state index contributed by atoms with van der Waals surface area (Å²) >= 11 is 1.44. The van der Waals surface area contributed by atoms with Gasteiger partial charge in [0.25, 0.3) is 0 Å². The largest absolute Gasteiger partial charge is 0.359 e. The Balaban J connectivity index is 2.36. The highest BCUT2D eigenvalue weighted by atomic mass is 32.1. The minimum Gasteiger partial charge on any atom is -0.359 e. The van der Waals surface area contributed by atoms with Crippen molar-refractivity contribution in [2.75, 3.05) is 32.5 Å². The number of nitrogens with zero attached hydrogens (tertiary/aromatic N) is 3. The number of aromatic nitrogens is 2. The molecule has 0 spiro atoms. The molecule has 1 heterocycles. The first-order valence-electron chi connectivity index (χ1n) is 4.82. The zero-order valence-electron chi connectivity index (χ0n) is 9.24. The molecule has 0 bridgehead atoms. The van der Waals surface area contributed by atoms with E-state index < -0.39 is 0 Å². The first kappa shape index (κ1) is 11.4. The molecule has 0 aliphatic rings. The topological polar surface area (TPSA) is 41.1 Å². The summed E-state index contributed by atoms with van der Waals surface area (Å²) in [7, 11) is 4.11. The van der Waals surface area contributed by atoms with Gasteiger partial charge in [-0.25, -0.2) is 4.98 Å². The molecule has 0 atom stereocenters. The second kappa shape index (κ2) is 5.26. The van der Waals surface area contributed by atoms with Gasteiger partial charge in [0.05, 0.1) is 0 Å². The number of hydrogen-bond donors (Lipinski definition) is 1. The molecule has 0 saturated heterocycles. The SMILES string of the molecule is CC(C)c1nsc(NCCN(C)C)n1. The Morgan fingerprint density at radius 2 is 2.14 bits per heavy atom. The van der Waals surface area contributed by atoms with Crippen molar-refractivity contribution in [3.8, 4) is 0 Å². The van der Waals surface area contributed by atoms with E-state index in [1.807, 2.05) is 0 Å². The van der Waals surface area contributed by atoms with E-state index in [9.17, 15) is 0 Å². The lowest BCUT2D eigenvalue weighted by Gasteiger charge is -2.08. The van der Waals surface area contributed by atoms with Crippen LogP contribution in [-0.2, 0) is 0 Å². The van der Waals surface area contributed by atoms with Crippen LogP contribution in [-0.4, -0.2) is 41.4 Å². The van der Waals surface area contributed by atoms with Crippen LogP contribution in [0.1, 0.15) is 25.6 Å². The molecule has 1 aromatic heterocycles. The minimum absolute atomic E-state index is 0.413. The van der Waals surface area contributed by atoms with Gasteiger partial charge in [-0.1, -0.05) is 13.8 Å². The molecule has 0 radical (unpaired) electrons. The Kier molecular flexibility index (Phi) is 4.28. The second-order valence-corrected chi connectivity index (χ2v) is 4.59. The van der Waals surface area contributed by atoms with Crippen molar-refractivity contribution in [3.05, 3.63) is 5.82 Å². The molecule has 0 saturated carbocycles. The fourth-order valence-corrected chi connectivity index (χ4v) is 1.66. The summed E-state index contributed by atoms with van der Waals surface area (Å²) in [5.74, 6) is 1.35. The smallest absolute Gasteiger partial charge is 0.202 e. The summed E-state index contributed by atoms with van der Waals surface area (Å²) in [4.78, 5) is 6.52. The van der Waals surface area contributed by atoms with E-state index in [-0.39, 0.29) is 0 Å². The molecule has 0 amide bonds. The van der Waals surface area contributed by atoms with Gasteiger partial charge < -0.3 is 10.2 Å². The van der Waals surface area contributed by atoms with Gasteiger partial charge >= 0.3 is 0 Å². The van der Waals surface area contributed by atoms with Crippen molar-refractivity contribution in [1.29, 1.82) is 0 Å². The maximum atomic E-state index is 4.38. The van der Waals surface area contributed by atoms with Gasteiger partial charge in [0.1, 0.15) is 5.82 Å². The molecule has 1 rings (SSSR count). The predicted molar refractivity (Wildman–Crippen MR) is 61.0 cm³/mol. The molecule has 0 aliphatic heterocycles. The van der Waals surface area contributed by atoms with Crippen LogP contribution in [0.15, 0.2) is 0 Å². The van der Waals surface area contributed by atoms with Crippen LogP contribution in [0.5, 0.6) is 0 Å². The van der Waals surface area contributed by atoms with Crippen molar-refractivity contribution in [1.82, 2.24) is 14.3 Å². The van der Waals surface area contributed by atoms with Gasteiger partial charge in [0, 0.05) is 30.5 Å². The molecule has 4 nitrogen and oxygen atoms in total. The molecule has 14 heavy (non-hydrogen) atoms. The molecule has 1 N–H and O–H groups in total. The summed E-state index contributed by atoms with van der Waals surface area (Å²) in [6, 6.07) is 0. The third kappa shape index (κ3) is 3.59. The van der Waals surface area contributed by atoms with Crippen molar-refractivity contribution in [2.45, 2.75) is 19.8 Å². The quantitative estimate of drug-likeness (QED) is 0.809. The molecule has 0 fully saturated rings. The monoisotopic (exact) mass is 214 g/mol. The highest BCUT2D eigenvalue weighted by Crippen LogP contribution is 2.16. The van der Waals surface area contributed by atoms with Crippen molar-refractivity contribution in [2.24, 2.45) is 0 Å². The van der Waals surface area contributed by atoms with Gasteiger partial charge in [-0.05, 0) is 14.1 Å². The maximum Gasteiger partial charge on any atom is 0.202 e. The van der Waals surface area contributed by atoms with Crippen molar-refractivity contribution in [3.63, 3.8) is 0 Å². The first-order chi connectivity index (χ1) is 6.59. The van der Waals surface area contributed by atoms with Gasteiger partial charge in [0.15, 0.2) is 0 Å². The highest BCUT2D eigenvalue weighted by Gasteiger charge is 2.06. The summed E-state index contributed by atoms with van der Waals surface area (Å²) in [6.07, 6.45) is 0. The summed E-state index contributed by atoms with van der Waals surface area (Å²) < 4.78 is 4.27. The zero-order valence-corrected chi connectivity index (χ0v) is 10.1. The standard InChI is InChI=1S/C9H18N4S/c1-7(2)8-11-9(14-12-8)10-5-6-13(3)4/h7H,5-6H2,1-4H3,(H,10,11,12). The average Bonchev–Trinajstić information content (AvgIpc) is 2.52. The Morgan fingerprint density at radius 3 is 2.64 bits per heavy atom. The van der Waals surface area contributed by atoms with Gasteiger partial charge in [-0.15, -0.1) is 0 Å². The number of rotatable bonds is 5. The fourth-order valence-electron chi connectivity index (χ4n) is 0.928. The molecule has 1 aromatic rings. The van der Waals surface area contributed by atoms with E-state index >= 15 is 0 Å². The van der Waals surface area contributed by atoms with E-state index in [4.69, 9.17) is 0 Å². The van der Waals surface area contributed by atoms with Crippen LogP contribution >= 0.6 is 11.5 Å². The Labute approximate surface area is 89.5 Å². The molecule has 5 heteroatoms. The number of anilines is 1. The number of hydrogen-bond acceptors (Lipinski definition) is 5. The van der Waals surface area contributed by atoms with Gasteiger partial charge in [-0.2, -0.15) is 4.37 Å². The third-order valence-corrected chi connectivity index (χ3v) is 2.48. The van der Waals surface area contributed by atoms with E-state index in [0.717, 1.165) is 24.0 Å². The van der Waals surface area contributed by atoms with Crippen molar-refractivity contribution >= 4 is 16.7 Å². The van der Waals surface area contributed by atoms with Crippen LogP contribution in [0.25, 0.3) is 0 Å². The number of likely N-dealkylation sites (N-methyl/N-ethyl adjacent to an activating group) is 1. The lowest BCUT2D eigenvalue weighted by Crippen LogP contribution is -2.20. The number of nitrogens with one attached hydrogen (secondary N) is 1. The molecular formula is C9H18N4S. The van der Waals surface area contributed by atoms with Gasteiger partial charge in [0.2, 0.25) is 5.13 Å². The maximum absolute atomic E-state index is 4.38. The molecule has 0 aliphatic carbocycles. The Morgan fingerprint density at radius 1 is 1.43 bits per heavy atom. The molecule has 0 aromatic carbocycles. The zero-order chi connectivity index (χ0) is 10.6. The summed E-state index contributed by atoms with van der Waals surface area (Å²) in [6.45, 7) is 6.13. The summed E-state index contributed by atoms with van der Waals surface area (Å²) in [5.41, 5.74) is 0. The second-order valence-electron chi connectivity index (χ2n) is 3.84. The van der Waals surface area contributed by atoms with Gasteiger partial charge in [-0.3, -0.25) is 0 Å². The lowest BCUT2D eigenvalue weighted by atomic mass is 10.2. The Bertz CT molecular complexity index is 270. The van der Waals surface area contributed by atoms with Crippen molar-refractivity contribution < 1.29 is 0 Å². The third-order valence-electron chi connectivity index (χ3n) is 1.79. The average molecular weight is 214 g/mol. The van der Waals surface area contributed by atoms with Crippen LogP contribution in [0, 0.1) is 0 Å². The Hall–Kier alpha value is -0.680. The lowest BCUT2D eigenvalue weighted by molar-refractivity contribution is 0.425. The minimum atomic E-state index is 0.413. The van der Waals surface area contributed by atoms with Crippen LogP contribution < -0.4 is 5.32 Å². The fraction of sp³-hybridized carbons (Fsp3) is 0.778. The molecule has 80 valence electrons. The van der Waals surface area contributed by atoms with Crippen LogP contribution in [0.2, 0.25) is 0 Å². The predicted octanol–water partition coefficient (Wildman–Crippen LogP) is 1.64. The van der Waals surface area contributed by atoms with Crippen LogP contribution in [0.3, 0.4) is 0 Å². The normalized spacial score (nSPS) is 11.3. The first-order valence-corrected chi connectivity index (χ1v) is 5.59. The van der Waals surface area contributed by atoms with E-state index in [1.165, 1.54) is 11.5 Å². The van der Waals surface area contributed by atoms with E-state index in [2.05, 4.69) is 47.5 Å². The van der Waals surface area contributed by atoms with E-state index in [1.54, 1.807) is 0 Å².